The Kier molecular flexibility index (Phi) is 4.96. The van der Waals surface area contributed by atoms with E-state index in [9.17, 15) is 0 Å². The lowest BCUT2D eigenvalue weighted by Crippen LogP contribution is -2.35. The van der Waals surface area contributed by atoms with Gasteiger partial charge in [-0.2, -0.15) is 0 Å². The van der Waals surface area contributed by atoms with E-state index in [0.29, 0.717) is 12.1 Å². The van der Waals surface area contributed by atoms with Crippen LogP contribution >= 0.6 is 0 Å². The maximum atomic E-state index is 4.32. The summed E-state index contributed by atoms with van der Waals surface area (Å²) in [6.45, 7) is 3.07. The van der Waals surface area contributed by atoms with Crippen LogP contribution in [0.4, 0.5) is 11.6 Å². The van der Waals surface area contributed by atoms with Gasteiger partial charge in [0.05, 0.1) is 0 Å². The van der Waals surface area contributed by atoms with Crippen LogP contribution in [0, 0.1) is 0 Å². The van der Waals surface area contributed by atoms with Crippen LogP contribution in [0.5, 0.6) is 0 Å². The second-order valence-corrected chi connectivity index (χ2v) is 5.26. The highest BCUT2D eigenvalue weighted by Gasteiger charge is 2.20. The van der Waals surface area contributed by atoms with Crippen LogP contribution in [0.1, 0.15) is 32.6 Å². The average molecular weight is 263 g/mol. The predicted octanol–water partition coefficient (Wildman–Crippen LogP) is 1.88. The standard InChI is InChI=1S/C14H25N5/c1-4-19(3)14-9-13(16-10-17-14)18-12-7-5-11(15-2)6-8-12/h9-12,15H,4-8H2,1-3H3,(H,16,17,18). The molecule has 19 heavy (non-hydrogen) atoms. The number of hydrogen-bond donors (Lipinski definition) is 2. The zero-order chi connectivity index (χ0) is 13.7. The van der Waals surface area contributed by atoms with E-state index in [1.807, 2.05) is 13.1 Å². The van der Waals surface area contributed by atoms with Crippen LogP contribution in [-0.2, 0) is 0 Å². The first-order valence-corrected chi connectivity index (χ1v) is 7.20. The second-order valence-electron chi connectivity index (χ2n) is 5.26. The number of aromatic nitrogens is 2. The lowest BCUT2D eigenvalue weighted by molar-refractivity contribution is 0.371. The van der Waals surface area contributed by atoms with Crippen LogP contribution in [0.15, 0.2) is 12.4 Å². The molecule has 1 saturated carbocycles. The molecule has 0 saturated heterocycles. The maximum absolute atomic E-state index is 4.32. The highest BCUT2D eigenvalue weighted by atomic mass is 15.2. The van der Waals surface area contributed by atoms with Gasteiger partial charge < -0.3 is 15.5 Å². The molecule has 0 radical (unpaired) electrons. The van der Waals surface area contributed by atoms with E-state index in [0.717, 1.165) is 18.2 Å². The maximum Gasteiger partial charge on any atom is 0.133 e. The summed E-state index contributed by atoms with van der Waals surface area (Å²) >= 11 is 0. The SMILES string of the molecule is CCN(C)c1cc(NC2CCC(NC)CC2)ncn1. The minimum Gasteiger partial charge on any atom is -0.367 e. The molecule has 0 bridgehead atoms. The lowest BCUT2D eigenvalue weighted by Gasteiger charge is -2.29. The van der Waals surface area contributed by atoms with Crippen molar-refractivity contribution in [1.82, 2.24) is 15.3 Å². The topological polar surface area (TPSA) is 53.1 Å². The van der Waals surface area contributed by atoms with E-state index in [-0.39, 0.29) is 0 Å². The van der Waals surface area contributed by atoms with E-state index < -0.39 is 0 Å². The fourth-order valence-corrected chi connectivity index (χ4v) is 2.53. The molecule has 0 aromatic carbocycles. The predicted molar refractivity (Wildman–Crippen MR) is 79.7 cm³/mol. The largest absolute Gasteiger partial charge is 0.367 e. The normalized spacial score (nSPS) is 23.1. The van der Waals surface area contributed by atoms with Crippen molar-refractivity contribution >= 4 is 11.6 Å². The Morgan fingerprint density at radius 3 is 2.53 bits per heavy atom. The van der Waals surface area contributed by atoms with Gasteiger partial charge in [0, 0.05) is 31.7 Å². The number of nitrogens with zero attached hydrogens (tertiary/aromatic N) is 3. The van der Waals surface area contributed by atoms with Crippen molar-refractivity contribution < 1.29 is 0 Å². The Labute approximate surface area is 115 Å². The molecule has 1 aromatic rings. The summed E-state index contributed by atoms with van der Waals surface area (Å²) in [5.41, 5.74) is 0. The van der Waals surface area contributed by atoms with Gasteiger partial charge in [-0.3, -0.25) is 0 Å². The van der Waals surface area contributed by atoms with Gasteiger partial charge in [0.15, 0.2) is 0 Å². The van der Waals surface area contributed by atoms with Gasteiger partial charge in [-0.25, -0.2) is 9.97 Å². The second kappa shape index (κ2) is 6.70. The van der Waals surface area contributed by atoms with Gasteiger partial charge >= 0.3 is 0 Å². The summed E-state index contributed by atoms with van der Waals surface area (Å²) < 4.78 is 0. The average Bonchev–Trinajstić information content (AvgIpc) is 2.47. The Morgan fingerprint density at radius 2 is 1.89 bits per heavy atom. The molecular weight excluding hydrogens is 238 g/mol. The minimum absolute atomic E-state index is 0.541. The molecule has 1 fully saturated rings. The highest BCUT2D eigenvalue weighted by Crippen LogP contribution is 2.22. The number of hydrogen-bond acceptors (Lipinski definition) is 5. The number of nitrogens with one attached hydrogen (secondary N) is 2. The summed E-state index contributed by atoms with van der Waals surface area (Å²) in [5.74, 6) is 1.92. The zero-order valence-corrected chi connectivity index (χ0v) is 12.2. The van der Waals surface area contributed by atoms with Crippen molar-refractivity contribution in [3.05, 3.63) is 12.4 Å². The molecule has 1 aliphatic rings. The third kappa shape index (κ3) is 3.80. The summed E-state index contributed by atoms with van der Waals surface area (Å²) in [7, 11) is 4.10. The van der Waals surface area contributed by atoms with Crippen molar-refractivity contribution in [2.24, 2.45) is 0 Å². The molecule has 0 aliphatic heterocycles. The Morgan fingerprint density at radius 1 is 1.21 bits per heavy atom. The number of anilines is 2. The van der Waals surface area contributed by atoms with Crippen molar-refractivity contribution in [1.29, 1.82) is 0 Å². The highest BCUT2D eigenvalue weighted by molar-refractivity contribution is 5.48. The molecule has 106 valence electrons. The fourth-order valence-electron chi connectivity index (χ4n) is 2.53. The molecule has 5 heteroatoms. The van der Waals surface area contributed by atoms with E-state index in [2.05, 4.69) is 39.5 Å². The van der Waals surface area contributed by atoms with Crippen molar-refractivity contribution in [3.8, 4) is 0 Å². The Balaban J connectivity index is 1.92. The molecule has 2 N–H and O–H groups in total. The van der Waals surface area contributed by atoms with E-state index in [4.69, 9.17) is 0 Å². The Hall–Kier alpha value is -1.36. The molecule has 0 atom stereocenters. The smallest absolute Gasteiger partial charge is 0.133 e. The summed E-state index contributed by atoms with van der Waals surface area (Å²) in [4.78, 5) is 10.7. The van der Waals surface area contributed by atoms with Crippen LogP contribution in [0.3, 0.4) is 0 Å². The first kappa shape index (κ1) is 14.1. The van der Waals surface area contributed by atoms with E-state index >= 15 is 0 Å². The van der Waals surface area contributed by atoms with Crippen LogP contribution < -0.4 is 15.5 Å². The summed E-state index contributed by atoms with van der Waals surface area (Å²) in [6, 6.07) is 3.26. The summed E-state index contributed by atoms with van der Waals surface area (Å²) in [6.07, 6.45) is 6.52. The third-order valence-electron chi connectivity index (χ3n) is 4.01. The molecule has 1 heterocycles. The summed E-state index contributed by atoms with van der Waals surface area (Å²) in [5, 5.41) is 6.90. The quantitative estimate of drug-likeness (QED) is 0.849. The van der Waals surface area contributed by atoms with Crippen molar-refractivity contribution in [2.45, 2.75) is 44.7 Å². The van der Waals surface area contributed by atoms with Gasteiger partial charge in [0.2, 0.25) is 0 Å². The lowest BCUT2D eigenvalue weighted by atomic mass is 9.91. The molecule has 1 aromatic heterocycles. The first-order valence-electron chi connectivity index (χ1n) is 7.20. The van der Waals surface area contributed by atoms with Gasteiger partial charge in [-0.1, -0.05) is 0 Å². The zero-order valence-electron chi connectivity index (χ0n) is 12.2. The molecule has 0 unspecified atom stereocenters. The molecule has 0 spiro atoms. The van der Waals surface area contributed by atoms with Crippen molar-refractivity contribution in [3.63, 3.8) is 0 Å². The minimum atomic E-state index is 0.541. The van der Waals surface area contributed by atoms with Gasteiger partial charge in [-0.15, -0.1) is 0 Å². The monoisotopic (exact) mass is 263 g/mol. The van der Waals surface area contributed by atoms with Crippen molar-refractivity contribution in [2.75, 3.05) is 30.9 Å². The number of rotatable bonds is 5. The van der Waals surface area contributed by atoms with E-state index in [1.165, 1.54) is 25.7 Å². The van der Waals surface area contributed by atoms with Crippen LogP contribution in [-0.4, -0.2) is 42.7 Å². The third-order valence-corrected chi connectivity index (χ3v) is 4.01. The first-order chi connectivity index (χ1) is 9.22. The molecule has 1 aliphatic carbocycles. The molecule has 0 amide bonds. The molecular formula is C14H25N5. The fraction of sp³-hybridized carbons (Fsp3) is 0.714. The van der Waals surface area contributed by atoms with Crippen LogP contribution in [0.2, 0.25) is 0 Å². The van der Waals surface area contributed by atoms with Gasteiger partial charge in [0.25, 0.3) is 0 Å². The molecule has 2 rings (SSSR count). The Bertz CT molecular complexity index is 387. The van der Waals surface area contributed by atoms with Gasteiger partial charge in [0.1, 0.15) is 18.0 Å². The van der Waals surface area contributed by atoms with Crippen LogP contribution in [0.25, 0.3) is 0 Å². The van der Waals surface area contributed by atoms with E-state index in [1.54, 1.807) is 6.33 Å². The molecule has 5 nitrogen and oxygen atoms in total. The van der Waals surface area contributed by atoms with Gasteiger partial charge in [-0.05, 0) is 39.7 Å².